The molecule has 1 fully saturated rings. The third-order valence-corrected chi connectivity index (χ3v) is 1.71. The summed E-state index contributed by atoms with van der Waals surface area (Å²) in [5.74, 6) is -0.363. The van der Waals surface area contributed by atoms with Gasteiger partial charge in [0.2, 0.25) is 5.91 Å². The molecule has 1 unspecified atom stereocenters. The maximum absolute atomic E-state index is 10.6. The minimum atomic E-state index is -1.34. The van der Waals surface area contributed by atoms with Crippen LogP contribution in [0.1, 0.15) is 12.8 Å². The molecule has 0 spiro atoms. The number of rotatable bonds is 1. The molecule has 0 aromatic rings. The normalized spacial score (nSPS) is 25.8. The van der Waals surface area contributed by atoms with Gasteiger partial charge in [-0.3, -0.25) is 4.79 Å². The topological polar surface area (TPSA) is 69.6 Å². The number of hydrogen-bond acceptors (Lipinski definition) is 3. The molecule has 0 aliphatic carbocycles. The molecule has 0 saturated carbocycles. The minimum absolute atomic E-state index is 0.0932. The van der Waals surface area contributed by atoms with Gasteiger partial charge >= 0.3 is 7.12 Å². The Morgan fingerprint density at radius 3 is 2.70 bits per heavy atom. The third-order valence-electron chi connectivity index (χ3n) is 1.71. The Kier molecular flexibility index (Phi) is 2.29. The van der Waals surface area contributed by atoms with Crippen LogP contribution < -0.4 is 5.32 Å². The van der Waals surface area contributed by atoms with Crippen LogP contribution in [0.4, 0.5) is 0 Å². The van der Waals surface area contributed by atoms with E-state index in [2.05, 4.69) is 5.32 Å². The van der Waals surface area contributed by atoms with E-state index < -0.39 is 7.12 Å². The van der Waals surface area contributed by atoms with E-state index in [0.29, 0.717) is 13.0 Å². The molecule has 1 aliphatic rings. The van der Waals surface area contributed by atoms with E-state index in [1.54, 1.807) is 0 Å². The Labute approximate surface area is 59.4 Å². The van der Waals surface area contributed by atoms with Crippen LogP contribution in [0, 0.1) is 0 Å². The van der Waals surface area contributed by atoms with Crippen molar-refractivity contribution in [2.75, 3.05) is 6.54 Å². The van der Waals surface area contributed by atoms with Crippen LogP contribution in [-0.4, -0.2) is 29.6 Å². The molecule has 1 amide bonds. The lowest BCUT2D eigenvalue weighted by molar-refractivity contribution is -0.122. The first-order valence-electron chi connectivity index (χ1n) is 3.33. The Morgan fingerprint density at radius 2 is 2.30 bits per heavy atom. The van der Waals surface area contributed by atoms with Crippen LogP contribution in [-0.2, 0) is 4.79 Å². The molecule has 56 valence electrons. The average Bonchev–Trinajstić information content (AvgIpc) is 1.88. The highest BCUT2D eigenvalue weighted by Crippen LogP contribution is 2.19. The maximum atomic E-state index is 10.6. The maximum Gasteiger partial charge on any atom is 0.455 e. The van der Waals surface area contributed by atoms with Crippen LogP contribution in [0.25, 0.3) is 0 Å². The molecule has 1 rings (SSSR count). The molecule has 0 aromatic carbocycles. The zero-order valence-corrected chi connectivity index (χ0v) is 5.58. The Morgan fingerprint density at radius 1 is 1.60 bits per heavy atom. The number of amides is 1. The van der Waals surface area contributed by atoms with E-state index in [1.165, 1.54) is 0 Å². The van der Waals surface area contributed by atoms with Gasteiger partial charge in [-0.25, -0.2) is 0 Å². The van der Waals surface area contributed by atoms with E-state index in [1.807, 2.05) is 0 Å². The second kappa shape index (κ2) is 3.03. The number of nitrogens with one attached hydrogen (secondary N) is 1. The molecule has 3 N–H and O–H groups in total. The minimum Gasteiger partial charge on any atom is -0.427 e. The quantitative estimate of drug-likeness (QED) is 0.401. The van der Waals surface area contributed by atoms with Gasteiger partial charge in [0.05, 0.1) is 0 Å². The van der Waals surface area contributed by atoms with Crippen LogP contribution in [0.2, 0.25) is 5.82 Å². The second-order valence-electron chi connectivity index (χ2n) is 2.52. The second-order valence-corrected chi connectivity index (χ2v) is 2.52. The summed E-state index contributed by atoms with van der Waals surface area (Å²) in [6.45, 7) is 0.557. The zero-order chi connectivity index (χ0) is 7.56. The van der Waals surface area contributed by atoms with E-state index in [-0.39, 0.29) is 18.1 Å². The molecule has 1 saturated heterocycles. The fraction of sp³-hybridized carbons (Fsp3) is 0.800. The van der Waals surface area contributed by atoms with Crippen molar-refractivity contribution in [3.63, 3.8) is 0 Å². The first-order valence-corrected chi connectivity index (χ1v) is 3.33. The van der Waals surface area contributed by atoms with Crippen molar-refractivity contribution in [3.8, 4) is 0 Å². The van der Waals surface area contributed by atoms with Gasteiger partial charge < -0.3 is 15.4 Å². The third kappa shape index (κ3) is 1.72. The largest absolute Gasteiger partial charge is 0.455 e. The van der Waals surface area contributed by atoms with Crippen molar-refractivity contribution in [2.45, 2.75) is 18.7 Å². The highest BCUT2D eigenvalue weighted by atomic mass is 16.4. The van der Waals surface area contributed by atoms with Gasteiger partial charge in [0.15, 0.2) is 0 Å². The predicted octanol–water partition coefficient (Wildman–Crippen LogP) is -1.26. The molecular formula is C5H10BNO3. The summed E-state index contributed by atoms with van der Waals surface area (Å²) in [5.41, 5.74) is 0. The molecule has 4 nitrogen and oxygen atoms in total. The summed E-state index contributed by atoms with van der Waals surface area (Å²) >= 11 is 0. The molecule has 5 heteroatoms. The number of piperidine rings is 1. The Bertz CT molecular complexity index is 139. The van der Waals surface area contributed by atoms with Crippen molar-refractivity contribution in [3.05, 3.63) is 0 Å². The van der Waals surface area contributed by atoms with E-state index in [0.717, 1.165) is 0 Å². The van der Waals surface area contributed by atoms with Gasteiger partial charge in [0.25, 0.3) is 0 Å². The molecule has 10 heavy (non-hydrogen) atoms. The molecule has 0 aromatic heterocycles. The van der Waals surface area contributed by atoms with Crippen molar-refractivity contribution < 1.29 is 14.8 Å². The van der Waals surface area contributed by atoms with Crippen molar-refractivity contribution in [2.24, 2.45) is 0 Å². The van der Waals surface area contributed by atoms with Gasteiger partial charge in [-0.2, -0.15) is 0 Å². The lowest BCUT2D eigenvalue weighted by Crippen LogP contribution is -2.37. The summed E-state index contributed by atoms with van der Waals surface area (Å²) in [4.78, 5) is 10.6. The van der Waals surface area contributed by atoms with Gasteiger partial charge in [-0.1, -0.05) is 0 Å². The van der Waals surface area contributed by atoms with Gasteiger partial charge in [-0.15, -0.1) is 0 Å². The van der Waals surface area contributed by atoms with E-state index >= 15 is 0 Å². The van der Waals surface area contributed by atoms with Gasteiger partial charge in [0.1, 0.15) is 0 Å². The number of carbonyl (C=O) groups is 1. The zero-order valence-electron chi connectivity index (χ0n) is 5.58. The lowest BCUT2D eigenvalue weighted by atomic mass is 9.68. The number of hydrogen-bond donors (Lipinski definition) is 3. The summed E-state index contributed by atoms with van der Waals surface area (Å²) < 4.78 is 0. The standard InChI is InChI=1S/C5H10BNO3/c8-5-3-4(6(9)10)1-2-7-5/h4,9-10H,1-3H2,(H,7,8). The summed E-state index contributed by atoms with van der Waals surface area (Å²) in [6.07, 6.45) is 0.890. The number of carbonyl (C=O) groups excluding carboxylic acids is 1. The van der Waals surface area contributed by atoms with E-state index in [4.69, 9.17) is 10.0 Å². The predicted molar refractivity (Wildman–Crippen MR) is 36.2 cm³/mol. The van der Waals surface area contributed by atoms with Crippen LogP contribution >= 0.6 is 0 Å². The molecule has 1 heterocycles. The molecular weight excluding hydrogens is 133 g/mol. The molecule has 1 aliphatic heterocycles. The van der Waals surface area contributed by atoms with Crippen molar-refractivity contribution in [1.82, 2.24) is 5.32 Å². The molecule has 0 radical (unpaired) electrons. The summed E-state index contributed by atoms with van der Waals surface area (Å²) in [7, 11) is -1.34. The average molecular weight is 143 g/mol. The first kappa shape index (κ1) is 7.56. The van der Waals surface area contributed by atoms with E-state index in [9.17, 15) is 4.79 Å². The van der Waals surface area contributed by atoms with Crippen LogP contribution in [0.5, 0.6) is 0 Å². The van der Waals surface area contributed by atoms with Crippen molar-refractivity contribution in [1.29, 1.82) is 0 Å². The Balaban J connectivity index is 2.39. The van der Waals surface area contributed by atoms with Gasteiger partial charge in [0, 0.05) is 18.8 Å². The SMILES string of the molecule is O=C1CC(B(O)O)CCN1. The summed E-state index contributed by atoms with van der Waals surface area (Å²) in [6, 6.07) is 0. The van der Waals surface area contributed by atoms with Crippen molar-refractivity contribution >= 4 is 13.0 Å². The monoisotopic (exact) mass is 143 g/mol. The first-order chi connectivity index (χ1) is 4.70. The van der Waals surface area contributed by atoms with Crippen LogP contribution in [0.15, 0.2) is 0 Å². The fourth-order valence-electron chi connectivity index (χ4n) is 1.06. The fourth-order valence-corrected chi connectivity index (χ4v) is 1.06. The highest BCUT2D eigenvalue weighted by Gasteiger charge is 2.28. The van der Waals surface area contributed by atoms with Gasteiger partial charge in [-0.05, 0) is 6.42 Å². The Hall–Kier alpha value is -0.545. The molecule has 1 atom stereocenters. The summed E-state index contributed by atoms with van der Waals surface area (Å²) in [5, 5.41) is 19.9. The van der Waals surface area contributed by atoms with Crippen LogP contribution in [0.3, 0.4) is 0 Å². The highest BCUT2D eigenvalue weighted by molar-refractivity contribution is 6.43. The smallest absolute Gasteiger partial charge is 0.427 e. The molecule has 0 bridgehead atoms. The lowest BCUT2D eigenvalue weighted by Gasteiger charge is -2.20.